The van der Waals surface area contributed by atoms with Gasteiger partial charge in [0, 0.05) is 0 Å². The van der Waals surface area contributed by atoms with E-state index in [1.54, 1.807) is 18.2 Å². The van der Waals surface area contributed by atoms with Gasteiger partial charge in [0.05, 0.1) is 18.1 Å². The molecule has 2 atom stereocenters. The van der Waals surface area contributed by atoms with Crippen molar-refractivity contribution >= 4 is 5.97 Å². The summed E-state index contributed by atoms with van der Waals surface area (Å²) < 4.78 is 6.08. The summed E-state index contributed by atoms with van der Waals surface area (Å²) in [6.45, 7) is 8.67. The van der Waals surface area contributed by atoms with Crippen molar-refractivity contribution in [3.8, 4) is 16.9 Å². The highest BCUT2D eigenvalue weighted by atomic mass is 16.5. The average molecular weight is 503 g/mol. The predicted molar refractivity (Wildman–Crippen MR) is 145 cm³/mol. The van der Waals surface area contributed by atoms with Gasteiger partial charge in [0.25, 0.3) is 0 Å². The average Bonchev–Trinajstić information content (AvgIpc) is 3.20. The number of carboxylic acid groups (broad SMARTS) is 1. The first kappa shape index (κ1) is 26.9. The number of aliphatic carboxylic acids is 1. The highest BCUT2D eigenvalue weighted by Crippen LogP contribution is 2.51. The lowest BCUT2D eigenvalue weighted by Gasteiger charge is -2.30. The number of hydrogen-bond acceptors (Lipinski definition) is 4. The van der Waals surface area contributed by atoms with Gasteiger partial charge < -0.3 is 20.1 Å². The molecule has 196 valence electrons. The zero-order chi connectivity index (χ0) is 26.8. The van der Waals surface area contributed by atoms with Gasteiger partial charge in [0.1, 0.15) is 12.4 Å². The van der Waals surface area contributed by atoms with Crippen molar-refractivity contribution in [3.63, 3.8) is 0 Å². The van der Waals surface area contributed by atoms with Gasteiger partial charge in [-0.3, -0.25) is 4.79 Å². The molecule has 0 unspecified atom stereocenters. The Labute approximate surface area is 219 Å². The molecule has 5 heteroatoms. The van der Waals surface area contributed by atoms with E-state index in [1.165, 1.54) is 24.0 Å². The molecule has 0 spiro atoms. The second-order valence-electron chi connectivity index (χ2n) is 11.5. The summed E-state index contributed by atoms with van der Waals surface area (Å²) >= 11 is 0. The van der Waals surface area contributed by atoms with Crippen molar-refractivity contribution in [2.24, 2.45) is 5.41 Å². The van der Waals surface area contributed by atoms with E-state index in [4.69, 9.17) is 9.84 Å². The molecule has 3 N–H and O–H groups in total. The monoisotopic (exact) mass is 502 g/mol. The second kappa shape index (κ2) is 10.7. The highest BCUT2D eigenvalue weighted by Gasteiger charge is 2.37. The predicted octanol–water partition coefficient (Wildman–Crippen LogP) is 6.96. The van der Waals surface area contributed by atoms with Crippen molar-refractivity contribution < 1.29 is 24.9 Å². The molecule has 5 nitrogen and oxygen atoms in total. The molecule has 1 saturated carbocycles. The third-order valence-electron chi connectivity index (χ3n) is 7.64. The molecule has 1 fully saturated rings. The van der Waals surface area contributed by atoms with E-state index in [0.717, 1.165) is 23.1 Å². The van der Waals surface area contributed by atoms with Crippen LogP contribution in [-0.4, -0.2) is 21.3 Å². The third-order valence-corrected chi connectivity index (χ3v) is 7.64. The van der Waals surface area contributed by atoms with E-state index < -0.39 is 17.7 Å². The third kappa shape index (κ3) is 6.41. The standard InChI is InChI=1S/C32H38O5/c1-31(2)15-7-12-28(31)27-16-21(13-14-26(27)22-8-5-10-24(17-22)32(3,4)36)20-37-25-11-6-9-23(18-25)29(33)19-30(34)35/h5-6,8-11,13-14,16-18,28-29,33,36H,7,12,15,19-20H2,1-4H3,(H,34,35)/t28-,29+/m0/s1. The van der Waals surface area contributed by atoms with Crippen LogP contribution in [0.2, 0.25) is 0 Å². The molecule has 0 heterocycles. The second-order valence-corrected chi connectivity index (χ2v) is 11.5. The fourth-order valence-electron chi connectivity index (χ4n) is 5.49. The first-order chi connectivity index (χ1) is 17.4. The molecule has 0 amide bonds. The summed E-state index contributed by atoms with van der Waals surface area (Å²) in [4.78, 5) is 11.0. The summed E-state index contributed by atoms with van der Waals surface area (Å²) in [5, 5.41) is 29.7. The normalized spacial score (nSPS) is 17.9. The Morgan fingerprint density at radius 3 is 2.51 bits per heavy atom. The molecular formula is C32H38O5. The van der Waals surface area contributed by atoms with Crippen LogP contribution in [-0.2, 0) is 17.0 Å². The summed E-state index contributed by atoms with van der Waals surface area (Å²) in [5.41, 5.74) is 5.34. The SMILES string of the molecule is CC(C)(O)c1cccc(-c2ccc(COc3cccc([C@H](O)CC(=O)O)c3)cc2[C@@H]2CCCC2(C)C)c1. The first-order valence-corrected chi connectivity index (χ1v) is 13.0. The summed E-state index contributed by atoms with van der Waals surface area (Å²) in [6.07, 6.45) is 2.11. The molecule has 0 aliphatic heterocycles. The van der Waals surface area contributed by atoms with Crippen molar-refractivity contribution in [2.45, 2.75) is 77.6 Å². The molecule has 1 aliphatic carbocycles. The van der Waals surface area contributed by atoms with E-state index >= 15 is 0 Å². The van der Waals surface area contributed by atoms with Gasteiger partial charge in [-0.1, -0.05) is 68.8 Å². The molecule has 0 radical (unpaired) electrons. The highest BCUT2D eigenvalue weighted by molar-refractivity contribution is 5.70. The minimum atomic E-state index is -1.07. The number of benzene rings is 3. The molecule has 3 aromatic carbocycles. The Morgan fingerprint density at radius 1 is 1.08 bits per heavy atom. The molecule has 4 rings (SSSR count). The first-order valence-electron chi connectivity index (χ1n) is 13.0. The van der Waals surface area contributed by atoms with Crippen LogP contribution in [0.15, 0.2) is 66.7 Å². The number of carbonyl (C=O) groups is 1. The lowest BCUT2D eigenvalue weighted by atomic mass is 9.75. The summed E-state index contributed by atoms with van der Waals surface area (Å²) in [5.74, 6) is -0.0382. The van der Waals surface area contributed by atoms with Gasteiger partial charge in [0.2, 0.25) is 0 Å². The Kier molecular flexibility index (Phi) is 7.77. The molecule has 0 bridgehead atoms. The lowest BCUT2D eigenvalue weighted by Crippen LogP contribution is -2.17. The molecule has 0 aromatic heterocycles. The van der Waals surface area contributed by atoms with Gasteiger partial charge >= 0.3 is 5.97 Å². The van der Waals surface area contributed by atoms with Crippen LogP contribution >= 0.6 is 0 Å². The largest absolute Gasteiger partial charge is 0.489 e. The van der Waals surface area contributed by atoms with Gasteiger partial charge in [0.15, 0.2) is 0 Å². The molecule has 37 heavy (non-hydrogen) atoms. The number of aliphatic hydroxyl groups is 2. The molecule has 3 aromatic rings. The van der Waals surface area contributed by atoms with Gasteiger partial charge in [-0.25, -0.2) is 0 Å². The minimum Gasteiger partial charge on any atom is -0.489 e. The Bertz CT molecular complexity index is 1250. The quantitative estimate of drug-likeness (QED) is 0.294. The topological polar surface area (TPSA) is 87.0 Å². The van der Waals surface area contributed by atoms with E-state index in [2.05, 4.69) is 44.2 Å². The number of carboxylic acids is 1. The van der Waals surface area contributed by atoms with Gasteiger partial charge in [-0.15, -0.1) is 0 Å². The number of hydrogen-bond donors (Lipinski definition) is 3. The molecule has 1 aliphatic rings. The Morgan fingerprint density at radius 2 is 1.84 bits per heavy atom. The van der Waals surface area contributed by atoms with Gasteiger partial charge in [-0.05, 0) is 89.6 Å². The van der Waals surface area contributed by atoms with Crippen molar-refractivity contribution in [3.05, 3.63) is 89.0 Å². The zero-order valence-corrected chi connectivity index (χ0v) is 22.2. The lowest BCUT2D eigenvalue weighted by molar-refractivity contribution is -0.139. The van der Waals surface area contributed by atoms with Crippen molar-refractivity contribution in [2.75, 3.05) is 0 Å². The maximum absolute atomic E-state index is 11.0. The van der Waals surface area contributed by atoms with Crippen LogP contribution < -0.4 is 4.74 Å². The fraction of sp³-hybridized carbons (Fsp3) is 0.406. The van der Waals surface area contributed by atoms with Crippen LogP contribution in [0.25, 0.3) is 11.1 Å². The van der Waals surface area contributed by atoms with E-state index in [1.807, 2.05) is 32.0 Å². The zero-order valence-electron chi connectivity index (χ0n) is 22.2. The molecule has 0 saturated heterocycles. The van der Waals surface area contributed by atoms with E-state index in [9.17, 15) is 15.0 Å². The maximum atomic E-state index is 11.0. The number of rotatable bonds is 9. The van der Waals surface area contributed by atoms with Crippen LogP contribution in [0, 0.1) is 5.41 Å². The van der Waals surface area contributed by atoms with Gasteiger partial charge in [-0.2, -0.15) is 0 Å². The van der Waals surface area contributed by atoms with Crippen LogP contribution in [0.1, 0.15) is 87.7 Å². The summed E-state index contributed by atoms with van der Waals surface area (Å²) in [7, 11) is 0. The maximum Gasteiger partial charge on any atom is 0.306 e. The van der Waals surface area contributed by atoms with Crippen LogP contribution in [0.5, 0.6) is 5.75 Å². The van der Waals surface area contributed by atoms with Crippen LogP contribution in [0.3, 0.4) is 0 Å². The van der Waals surface area contributed by atoms with Crippen molar-refractivity contribution in [1.82, 2.24) is 0 Å². The smallest absolute Gasteiger partial charge is 0.306 e. The molecular weight excluding hydrogens is 464 g/mol. The van der Waals surface area contributed by atoms with E-state index in [-0.39, 0.29) is 11.8 Å². The van der Waals surface area contributed by atoms with Crippen LogP contribution in [0.4, 0.5) is 0 Å². The van der Waals surface area contributed by atoms with E-state index in [0.29, 0.717) is 23.8 Å². The Hall–Kier alpha value is -3.15. The number of aliphatic hydroxyl groups excluding tert-OH is 1. The van der Waals surface area contributed by atoms with Crippen molar-refractivity contribution in [1.29, 1.82) is 0 Å². The Balaban J connectivity index is 1.64. The fourth-order valence-corrected chi connectivity index (χ4v) is 5.49. The number of ether oxygens (including phenoxy) is 1. The minimum absolute atomic E-state index is 0.191. The summed E-state index contributed by atoms with van der Waals surface area (Å²) in [6, 6.07) is 21.7.